The van der Waals surface area contributed by atoms with Gasteiger partial charge in [-0.1, -0.05) is 12.1 Å². The lowest BCUT2D eigenvalue weighted by atomic mass is 9.96. The third-order valence-electron chi connectivity index (χ3n) is 5.84. The third kappa shape index (κ3) is 4.33. The van der Waals surface area contributed by atoms with Gasteiger partial charge in [0, 0.05) is 30.1 Å². The standard InChI is InChI=1S/C22H25F2N5O/c1-14-25-12-19(28(14)2)16-3-4-17-11-26-21(10-18(17)9-16)27-22(30)15-5-7-29(8-6-15)13-20(23)24/h3-4,9-12,15,20H,5-8,13H2,1-2H3,(H,26,27,30). The number of carbonyl (C=O) groups is 1. The van der Waals surface area contributed by atoms with Crippen LogP contribution >= 0.6 is 0 Å². The van der Waals surface area contributed by atoms with Crippen LogP contribution in [0, 0.1) is 12.8 Å². The van der Waals surface area contributed by atoms with E-state index in [4.69, 9.17) is 0 Å². The number of hydrogen-bond donors (Lipinski definition) is 1. The topological polar surface area (TPSA) is 63.1 Å². The van der Waals surface area contributed by atoms with E-state index in [2.05, 4.69) is 21.4 Å². The van der Waals surface area contributed by atoms with Gasteiger partial charge in [0.15, 0.2) is 0 Å². The largest absolute Gasteiger partial charge is 0.331 e. The molecule has 4 rings (SSSR count). The van der Waals surface area contributed by atoms with Crippen LogP contribution in [0.4, 0.5) is 14.6 Å². The van der Waals surface area contributed by atoms with E-state index < -0.39 is 6.43 Å². The van der Waals surface area contributed by atoms with Gasteiger partial charge in [-0.05, 0) is 50.4 Å². The van der Waals surface area contributed by atoms with E-state index >= 15 is 0 Å². The maximum atomic E-state index is 12.6. The Hall–Kier alpha value is -2.87. The second-order valence-corrected chi connectivity index (χ2v) is 7.84. The number of pyridine rings is 1. The average Bonchev–Trinajstić information content (AvgIpc) is 3.06. The summed E-state index contributed by atoms with van der Waals surface area (Å²) in [6.45, 7) is 2.77. The van der Waals surface area contributed by atoms with Crippen molar-refractivity contribution in [3.63, 3.8) is 0 Å². The number of amides is 1. The summed E-state index contributed by atoms with van der Waals surface area (Å²) in [5, 5.41) is 4.86. The highest BCUT2D eigenvalue weighted by Crippen LogP contribution is 2.26. The van der Waals surface area contributed by atoms with Crippen LogP contribution in [0.3, 0.4) is 0 Å². The molecule has 8 heteroatoms. The first kappa shape index (κ1) is 20.4. The highest BCUT2D eigenvalue weighted by Gasteiger charge is 2.26. The van der Waals surface area contributed by atoms with E-state index in [9.17, 15) is 13.6 Å². The molecule has 0 bridgehead atoms. The molecule has 0 saturated carbocycles. The molecule has 1 saturated heterocycles. The summed E-state index contributed by atoms with van der Waals surface area (Å²) in [6.07, 6.45) is 2.42. The van der Waals surface area contributed by atoms with Gasteiger partial charge in [0.25, 0.3) is 6.43 Å². The van der Waals surface area contributed by atoms with Crippen LogP contribution in [0.5, 0.6) is 0 Å². The minimum absolute atomic E-state index is 0.100. The van der Waals surface area contributed by atoms with Crippen LogP contribution in [0.2, 0.25) is 0 Å². The van der Waals surface area contributed by atoms with Crippen LogP contribution in [0.1, 0.15) is 18.7 Å². The molecule has 0 radical (unpaired) electrons. The smallest absolute Gasteiger partial charge is 0.251 e. The van der Waals surface area contributed by atoms with Gasteiger partial charge in [-0.3, -0.25) is 9.69 Å². The summed E-state index contributed by atoms with van der Waals surface area (Å²) < 4.78 is 27.1. The number of hydrogen-bond acceptors (Lipinski definition) is 4. The molecule has 3 aromatic rings. The maximum Gasteiger partial charge on any atom is 0.251 e. The molecular weight excluding hydrogens is 388 g/mol. The minimum atomic E-state index is -2.34. The molecule has 1 amide bonds. The number of imidazole rings is 1. The van der Waals surface area contributed by atoms with Crippen molar-refractivity contribution >= 4 is 22.5 Å². The first-order chi connectivity index (χ1) is 14.4. The Balaban J connectivity index is 1.47. The number of likely N-dealkylation sites (tertiary alicyclic amines) is 1. The van der Waals surface area contributed by atoms with Crippen molar-refractivity contribution in [1.82, 2.24) is 19.4 Å². The molecule has 0 aliphatic carbocycles. The maximum absolute atomic E-state index is 12.6. The predicted molar refractivity (Wildman–Crippen MR) is 112 cm³/mol. The number of benzene rings is 1. The molecule has 0 spiro atoms. The molecule has 0 unspecified atom stereocenters. The van der Waals surface area contributed by atoms with E-state index in [1.807, 2.05) is 42.9 Å². The van der Waals surface area contributed by atoms with Crippen LogP contribution < -0.4 is 5.32 Å². The fourth-order valence-electron chi connectivity index (χ4n) is 3.94. The lowest BCUT2D eigenvalue weighted by Crippen LogP contribution is -2.40. The SMILES string of the molecule is Cc1ncc(-c2ccc3cnc(NC(=O)C4CCN(CC(F)F)CC4)cc3c2)n1C. The molecule has 158 valence electrons. The van der Waals surface area contributed by atoms with Crippen molar-refractivity contribution in [2.24, 2.45) is 13.0 Å². The van der Waals surface area contributed by atoms with E-state index in [0.29, 0.717) is 31.7 Å². The van der Waals surface area contributed by atoms with Crippen molar-refractivity contribution in [3.8, 4) is 11.3 Å². The van der Waals surface area contributed by atoms with Crippen molar-refractivity contribution in [1.29, 1.82) is 0 Å². The Morgan fingerprint density at radius 3 is 2.60 bits per heavy atom. The normalized spacial score (nSPS) is 15.8. The van der Waals surface area contributed by atoms with Gasteiger partial charge in [0.05, 0.1) is 18.4 Å². The molecule has 1 aromatic carbocycles. The van der Waals surface area contributed by atoms with Crippen LogP contribution in [0.15, 0.2) is 36.7 Å². The quantitative estimate of drug-likeness (QED) is 0.690. The van der Waals surface area contributed by atoms with Crippen molar-refractivity contribution < 1.29 is 13.6 Å². The number of aryl methyl sites for hydroxylation is 1. The Kier molecular flexibility index (Phi) is 5.76. The first-order valence-corrected chi connectivity index (χ1v) is 10.1. The summed E-state index contributed by atoms with van der Waals surface area (Å²) in [5.74, 6) is 1.16. The van der Waals surface area contributed by atoms with E-state index in [1.54, 1.807) is 11.1 Å². The number of nitrogens with one attached hydrogen (secondary N) is 1. The van der Waals surface area contributed by atoms with Crippen molar-refractivity contribution in [3.05, 3.63) is 42.5 Å². The van der Waals surface area contributed by atoms with E-state index in [-0.39, 0.29) is 18.4 Å². The number of alkyl halides is 2. The Labute approximate surface area is 173 Å². The molecule has 1 N–H and O–H groups in total. The van der Waals surface area contributed by atoms with Crippen LogP contribution in [-0.4, -0.2) is 51.4 Å². The highest BCUT2D eigenvalue weighted by molar-refractivity contribution is 5.95. The lowest BCUT2D eigenvalue weighted by molar-refractivity contribution is -0.121. The number of nitrogens with zero attached hydrogens (tertiary/aromatic N) is 4. The number of carbonyl (C=O) groups excluding carboxylic acids is 1. The number of fused-ring (bicyclic) bond motifs is 1. The van der Waals surface area contributed by atoms with E-state index in [1.165, 1.54) is 0 Å². The number of aromatic nitrogens is 3. The first-order valence-electron chi connectivity index (χ1n) is 10.1. The Morgan fingerprint density at radius 1 is 1.17 bits per heavy atom. The summed E-state index contributed by atoms with van der Waals surface area (Å²) >= 11 is 0. The summed E-state index contributed by atoms with van der Waals surface area (Å²) in [7, 11) is 1.98. The predicted octanol–water partition coefficient (Wildman–Crippen LogP) is 3.86. The van der Waals surface area contributed by atoms with Gasteiger partial charge in [0.2, 0.25) is 5.91 Å². The Morgan fingerprint density at radius 2 is 1.93 bits per heavy atom. The molecule has 3 heterocycles. The van der Waals surface area contributed by atoms with Crippen LogP contribution in [0.25, 0.3) is 22.0 Å². The average molecular weight is 413 g/mol. The summed E-state index contributed by atoms with van der Waals surface area (Å²) in [5.41, 5.74) is 2.06. The second kappa shape index (κ2) is 8.47. The lowest BCUT2D eigenvalue weighted by Gasteiger charge is -2.30. The molecule has 1 aliphatic heterocycles. The fraction of sp³-hybridized carbons (Fsp3) is 0.409. The van der Waals surface area contributed by atoms with E-state index in [0.717, 1.165) is 27.9 Å². The zero-order chi connectivity index (χ0) is 21.3. The van der Waals surface area contributed by atoms with Gasteiger partial charge in [0.1, 0.15) is 11.6 Å². The molecule has 30 heavy (non-hydrogen) atoms. The fourth-order valence-corrected chi connectivity index (χ4v) is 3.94. The number of anilines is 1. The molecule has 2 aromatic heterocycles. The number of piperidine rings is 1. The zero-order valence-corrected chi connectivity index (χ0v) is 17.1. The molecule has 1 aliphatic rings. The van der Waals surface area contributed by atoms with Crippen molar-refractivity contribution in [2.45, 2.75) is 26.2 Å². The molecule has 1 fully saturated rings. The number of rotatable bonds is 5. The Bertz CT molecular complexity index is 1060. The van der Waals surface area contributed by atoms with Crippen molar-refractivity contribution in [2.75, 3.05) is 25.0 Å². The highest BCUT2D eigenvalue weighted by atomic mass is 19.3. The summed E-state index contributed by atoms with van der Waals surface area (Å²) in [4.78, 5) is 23.1. The van der Waals surface area contributed by atoms with Crippen LogP contribution in [-0.2, 0) is 11.8 Å². The van der Waals surface area contributed by atoms with Gasteiger partial charge < -0.3 is 9.88 Å². The molecule has 0 atom stereocenters. The number of halogens is 2. The molecular formula is C22H25F2N5O. The van der Waals surface area contributed by atoms with Gasteiger partial charge in [-0.15, -0.1) is 0 Å². The minimum Gasteiger partial charge on any atom is -0.331 e. The monoisotopic (exact) mass is 413 g/mol. The summed E-state index contributed by atoms with van der Waals surface area (Å²) in [6, 6.07) is 7.97. The van der Waals surface area contributed by atoms with Gasteiger partial charge >= 0.3 is 0 Å². The molecule has 6 nitrogen and oxygen atoms in total. The third-order valence-corrected chi connectivity index (χ3v) is 5.84. The second-order valence-electron chi connectivity index (χ2n) is 7.84. The zero-order valence-electron chi connectivity index (χ0n) is 17.1. The van der Waals surface area contributed by atoms with Gasteiger partial charge in [-0.25, -0.2) is 18.7 Å². The van der Waals surface area contributed by atoms with Gasteiger partial charge in [-0.2, -0.15) is 0 Å².